The van der Waals surface area contributed by atoms with Crippen LogP contribution in [0.1, 0.15) is 16.1 Å². The monoisotopic (exact) mass is 345 g/mol. The van der Waals surface area contributed by atoms with Crippen molar-refractivity contribution < 1.29 is 9.21 Å². The summed E-state index contributed by atoms with van der Waals surface area (Å²) in [7, 11) is 0. The van der Waals surface area contributed by atoms with Crippen LogP contribution in [-0.4, -0.2) is 5.91 Å². The van der Waals surface area contributed by atoms with E-state index in [4.69, 9.17) is 27.6 Å². The Kier molecular flexibility index (Phi) is 4.70. The Morgan fingerprint density at radius 1 is 0.957 bits per heavy atom. The van der Waals surface area contributed by atoms with Crippen molar-refractivity contribution in [3.8, 4) is 11.3 Å². The third-order valence-electron chi connectivity index (χ3n) is 3.34. The highest BCUT2D eigenvalue weighted by Gasteiger charge is 2.14. The van der Waals surface area contributed by atoms with Gasteiger partial charge in [-0.15, -0.1) is 0 Å². The molecule has 3 nitrogen and oxygen atoms in total. The van der Waals surface area contributed by atoms with Gasteiger partial charge in [0, 0.05) is 12.1 Å². The van der Waals surface area contributed by atoms with Crippen LogP contribution in [0.5, 0.6) is 0 Å². The molecule has 2 aromatic carbocycles. The first kappa shape index (κ1) is 15.7. The second-order valence-corrected chi connectivity index (χ2v) is 5.72. The number of hydrogen-bond acceptors (Lipinski definition) is 2. The van der Waals surface area contributed by atoms with Gasteiger partial charge >= 0.3 is 0 Å². The number of nitrogens with one attached hydrogen (secondary N) is 1. The molecule has 0 atom stereocenters. The Hall–Kier alpha value is -2.23. The Morgan fingerprint density at radius 2 is 1.74 bits per heavy atom. The van der Waals surface area contributed by atoms with Gasteiger partial charge in [-0.1, -0.05) is 59.6 Å². The molecule has 1 aromatic heterocycles. The van der Waals surface area contributed by atoms with Gasteiger partial charge in [0.25, 0.3) is 5.91 Å². The van der Waals surface area contributed by atoms with E-state index in [1.165, 1.54) is 0 Å². The zero-order valence-corrected chi connectivity index (χ0v) is 13.6. The summed E-state index contributed by atoms with van der Waals surface area (Å²) in [6.45, 7) is 0.438. The van der Waals surface area contributed by atoms with E-state index in [0.29, 0.717) is 27.9 Å². The van der Waals surface area contributed by atoms with Gasteiger partial charge < -0.3 is 9.73 Å². The Bertz CT molecular complexity index is 828. The Labute approximate surface area is 143 Å². The summed E-state index contributed by atoms with van der Waals surface area (Å²) in [6, 6.07) is 18.3. The highest BCUT2D eigenvalue weighted by atomic mass is 35.5. The molecule has 23 heavy (non-hydrogen) atoms. The maximum Gasteiger partial charge on any atom is 0.287 e. The molecular weight excluding hydrogens is 333 g/mol. The molecule has 0 radical (unpaired) electrons. The van der Waals surface area contributed by atoms with Crippen molar-refractivity contribution in [3.05, 3.63) is 82.0 Å². The molecule has 0 saturated heterocycles. The van der Waals surface area contributed by atoms with Gasteiger partial charge in [-0.25, -0.2) is 0 Å². The number of hydrogen-bond donors (Lipinski definition) is 1. The van der Waals surface area contributed by atoms with Crippen molar-refractivity contribution in [2.24, 2.45) is 0 Å². The van der Waals surface area contributed by atoms with Crippen molar-refractivity contribution >= 4 is 29.1 Å². The van der Waals surface area contributed by atoms with Crippen LogP contribution in [0.4, 0.5) is 0 Å². The predicted octanol–water partition coefficient (Wildman–Crippen LogP) is 5.18. The van der Waals surface area contributed by atoms with Gasteiger partial charge in [-0.05, 0) is 29.8 Å². The highest BCUT2D eigenvalue weighted by molar-refractivity contribution is 6.43. The first-order chi connectivity index (χ1) is 11.1. The third kappa shape index (κ3) is 3.58. The molecule has 0 unspecified atom stereocenters. The zero-order valence-electron chi connectivity index (χ0n) is 12.1. The molecule has 0 saturated carbocycles. The minimum atomic E-state index is -0.279. The first-order valence-electron chi connectivity index (χ1n) is 7.01. The van der Waals surface area contributed by atoms with Crippen LogP contribution in [0, 0.1) is 0 Å². The number of carbonyl (C=O) groups is 1. The van der Waals surface area contributed by atoms with Crippen LogP contribution in [0.15, 0.2) is 65.1 Å². The SMILES string of the molecule is O=C(NCc1ccccc1)c1ccc(-c2cccc(Cl)c2Cl)o1. The fourth-order valence-electron chi connectivity index (χ4n) is 2.16. The van der Waals surface area contributed by atoms with Gasteiger partial charge in [0.15, 0.2) is 5.76 Å². The van der Waals surface area contributed by atoms with Gasteiger partial charge in [-0.3, -0.25) is 4.79 Å². The zero-order chi connectivity index (χ0) is 16.2. The lowest BCUT2D eigenvalue weighted by Gasteiger charge is -2.04. The number of carbonyl (C=O) groups excluding carboxylic acids is 1. The van der Waals surface area contributed by atoms with E-state index in [1.807, 2.05) is 30.3 Å². The molecule has 1 heterocycles. The molecule has 0 aliphatic carbocycles. The van der Waals surface area contributed by atoms with Crippen LogP contribution in [0.3, 0.4) is 0 Å². The van der Waals surface area contributed by atoms with Crippen molar-refractivity contribution in [2.75, 3.05) is 0 Å². The molecule has 3 aromatic rings. The maximum absolute atomic E-state index is 12.2. The summed E-state index contributed by atoms with van der Waals surface area (Å²) >= 11 is 12.2. The Balaban J connectivity index is 1.74. The normalized spacial score (nSPS) is 10.5. The molecule has 0 aliphatic rings. The van der Waals surface area contributed by atoms with Crippen LogP contribution < -0.4 is 5.32 Å². The lowest BCUT2D eigenvalue weighted by atomic mass is 10.2. The van der Waals surface area contributed by atoms with Gasteiger partial charge in [0.05, 0.1) is 10.0 Å². The number of furan rings is 1. The summed E-state index contributed by atoms with van der Waals surface area (Å²) in [5.41, 5.74) is 1.67. The molecule has 0 fully saturated rings. The smallest absolute Gasteiger partial charge is 0.287 e. The number of halogens is 2. The second kappa shape index (κ2) is 6.90. The van der Waals surface area contributed by atoms with Gasteiger partial charge in [0.2, 0.25) is 0 Å². The third-order valence-corrected chi connectivity index (χ3v) is 4.16. The number of benzene rings is 2. The molecule has 0 spiro atoms. The van der Waals surface area contributed by atoms with E-state index in [9.17, 15) is 4.79 Å². The Morgan fingerprint density at radius 3 is 2.52 bits per heavy atom. The number of rotatable bonds is 4. The lowest BCUT2D eigenvalue weighted by Crippen LogP contribution is -2.22. The fraction of sp³-hybridized carbons (Fsp3) is 0.0556. The second-order valence-electron chi connectivity index (χ2n) is 4.93. The summed E-state index contributed by atoms with van der Waals surface area (Å²) in [6.07, 6.45) is 0. The largest absolute Gasteiger partial charge is 0.451 e. The summed E-state index contributed by atoms with van der Waals surface area (Å²) in [5, 5.41) is 3.66. The topological polar surface area (TPSA) is 42.2 Å². The molecule has 116 valence electrons. The molecule has 3 rings (SSSR count). The highest BCUT2D eigenvalue weighted by Crippen LogP contribution is 2.34. The summed E-state index contributed by atoms with van der Waals surface area (Å²) in [4.78, 5) is 12.2. The standard InChI is InChI=1S/C18H13Cl2NO2/c19-14-8-4-7-13(17(14)20)15-9-10-16(23-15)18(22)21-11-12-5-2-1-3-6-12/h1-10H,11H2,(H,21,22). The molecule has 0 bridgehead atoms. The van der Waals surface area contributed by atoms with Crippen molar-refractivity contribution in [1.29, 1.82) is 0 Å². The predicted molar refractivity (Wildman–Crippen MR) is 91.8 cm³/mol. The van der Waals surface area contributed by atoms with Crippen LogP contribution in [0.25, 0.3) is 11.3 Å². The number of amides is 1. The van der Waals surface area contributed by atoms with Gasteiger partial charge in [0.1, 0.15) is 5.76 Å². The molecule has 1 N–H and O–H groups in total. The van der Waals surface area contributed by atoms with Crippen molar-refractivity contribution in [2.45, 2.75) is 6.54 Å². The van der Waals surface area contributed by atoms with E-state index in [0.717, 1.165) is 5.56 Å². The van der Waals surface area contributed by atoms with Gasteiger partial charge in [-0.2, -0.15) is 0 Å². The van der Waals surface area contributed by atoms with Crippen LogP contribution >= 0.6 is 23.2 Å². The summed E-state index contributed by atoms with van der Waals surface area (Å²) in [5.74, 6) is 0.451. The minimum absolute atomic E-state index is 0.229. The average Bonchev–Trinajstić information content (AvgIpc) is 3.06. The minimum Gasteiger partial charge on any atom is -0.451 e. The van der Waals surface area contributed by atoms with E-state index in [2.05, 4.69) is 5.32 Å². The van der Waals surface area contributed by atoms with Crippen molar-refractivity contribution in [1.82, 2.24) is 5.32 Å². The van der Waals surface area contributed by atoms with E-state index in [-0.39, 0.29) is 11.7 Å². The molecular formula is C18H13Cl2NO2. The van der Waals surface area contributed by atoms with E-state index < -0.39 is 0 Å². The maximum atomic E-state index is 12.2. The molecule has 5 heteroatoms. The lowest BCUT2D eigenvalue weighted by molar-refractivity contribution is 0.0924. The average molecular weight is 346 g/mol. The van der Waals surface area contributed by atoms with E-state index in [1.54, 1.807) is 30.3 Å². The first-order valence-corrected chi connectivity index (χ1v) is 7.77. The van der Waals surface area contributed by atoms with Crippen molar-refractivity contribution in [3.63, 3.8) is 0 Å². The molecule has 0 aliphatic heterocycles. The summed E-state index contributed by atoms with van der Waals surface area (Å²) < 4.78 is 5.60. The van der Waals surface area contributed by atoms with Crippen LogP contribution in [0.2, 0.25) is 10.0 Å². The van der Waals surface area contributed by atoms with E-state index >= 15 is 0 Å². The quantitative estimate of drug-likeness (QED) is 0.707. The fourth-order valence-corrected chi connectivity index (χ4v) is 2.56. The van der Waals surface area contributed by atoms with Crippen LogP contribution in [-0.2, 0) is 6.54 Å². The molecule has 1 amide bonds.